The van der Waals surface area contributed by atoms with E-state index < -0.39 is 0 Å². The van der Waals surface area contributed by atoms with Crippen molar-refractivity contribution in [1.29, 1.82) is 0 Å². The Morgan fingerprint density at radius 3 is 2.78 bits per heavy atom. The van der Waals surface area contributed by atoms with Gasteiger partial charge in [-0.15, -0.1) is 0 Å². The van der Waals surface area contributed by atoms with E-state index in [1.165, 1.54) is 0 Å². The highest BCUT2D eigenvalue weighted by Gasteiger charge is 2.05. The molecule has 1 aromatic rings. The van der Waals surface area contributed by atoms with Gasteiger partial charge in [0.15, 0.2) is 0 Å². The lowest BCUT2D eigenvalue weighted by Gasteiger charge is -2.11. The monoisotopic (exact) mass is 243 g/mol. The van der Waals surface area contributed by atoms with E-state index in [0.29, 0.717) is 5.69 Å². The number of allylic oxidation sites excluding steroid dienone is 2. The van der Waals surface area contributed by atoms with Crippen molar-refractivity contribution in [2.45, 2.75) is 19.8 Å². The molecule has 0 aliphatic rings. The minimum Gasteiger partial charge on any atom is -0.398 e. The highest BCUT2D eigenvalue weighted by molar-refractivity contribution is 6.04. The first-order valence-electron chi connectivity index (χ1n) is 6.13. The van der Waals surface area contributed by atoms with Gasteiger partial charge in [0.1, 0.15) is 5.84 Å². The molecule has 0 atom stereocenters. The predicted molar refractivity (Wildman–Crippen MR) is 79.6 cm³/mol. The summed E-state index contributed by atoms with van der Waals surface area (Å²) in [7, 11) is 1.73. The lowest BCUT2D eigenvalue weighted by atomic mass is 10.1. The third kappa shape index (κ3) is 4.09. The van der Waals surface area contributed by atoms with Gasteiger partial charge in [0.05, 0.1) is 0 Å². The first-order valence-corrected chi connectivity index (χ1v) is 6.13. The van der Waals surface area contributed by atoms with E-state index in [-0.39, 0.29) is 0 Å². The fourth-order valence-corrected chi connectivity index (χ4v) is 1.54. The molecule has 3 nitrogen and oxygen atoms in total. The van der Waals surface area contributed by atoms with E-state index in [1.807, 2.05) is 30.3 Å². The number of nitrogens with zero attached hydrogens (tertiary/aromatic N) is 1. The minimum atomic E-state index is 0.705. The standard InChI is InChI=1S/C15H21N3/c1-4-5-6-9-12(2)18-15(17-3)13-10-7-8-11-14(13)16/h6-11H,2,4-5,16H2,1,3H3,(H,17,18)/b9-6+. The van der Waals surface area contributed by atoms with Crippen LogP contribution in [0.5, 0.6) is 0 Å². The van der Waals surface area contributed by atoms with Crippen molar-refractivity contribution in [3.8, 4) is 0 Å². The van der Waals surface area contributed by atoms with Crippen LogP contribution >= 0.6 is 0 Å². The number of nitrogen functional groups attached to an aromatic ring is 1. The van der Waals surface area contributed by atoms with Crippen LogP contribution < -0.4 is 11.1 Å². The lowest BCUT2D eigenvalue weighted by Crippen LogP contribution is -2.23. The molecule has 0 heterocycles. The second-order valence-corrected chi connectivity index (χ2v) is 4.00. The normalized spacial score (nSPS) is 11.8. The Hall–Kier alpha value is -2.03. The van der Waals surface area contributed by atoms with Gasteiger partial charge in [-0.05, 0) is 24.6 Å². The number of rotatable bonds is 5. The molecular formula is C15H21N3. The van der Waals surface area contributed by atoms with Crippen LogP contribution in [0.25, 0.3) is 0 Å². The maximum absolute atomic E-state index is 5.93. The van der Waals surface area contributed by atoms with E-state index in [4.69, 9.17) is 5.73 Å². The largest absolute Gasteiger partial charge is 0.398 e. The van der Waals surface area contributed by atoms with Crippen molar-refractivity contribution in [1.82, 2.24) is 5.32 Å². The maximum atomic E-state index is 5.93. The lowest BCUT2D eigenvalue weighted by molar-refractivity contribution is 0.955. The Balaban J connectivity index is 2.75. The summed E-state index contributed by atoms with van der Waals surface area (Å²) in [6.07, 6.45) is 6.24. The second-order valence-electron chi connectivity index (χ2n) is 4.00. The molecule has 0 saturated carbocycles. The molecule has 0 spiro atoms. The molecule has 3 N–H and O–H groups in total. The summed E-state index contributed by atoms with van der Waals surface area (Å²) in [5.74, 6) is 0.735. The summed E-state index contributed by atoms with van der Waals surface area (Å²) in [6.45, 7) is 6.09. The van der Waals surface area contributed by atoms with E-state index in [2.05, 4.69) is 29.9 Å². The SMILES string of the molecule is C=C(/C=C/CCC)NC(=NC)c1ccccc1N. The Labute approximate surface area is 109 Å². The smallest absolute Gasteiger partial charge is 0.134 e. The van der Waals surface area contributed by atoms with Crippen LogP contribution in [0.1, 0.15) is 25.3 Å². The predicted octanol–water partition coefficient (Wildman–Crippen LogP) is 3.10. The first kappa shape index (κ1) is 14.0. The molecule has 96 valence electrons. The van der Waals surface area contributed by atoms with Crippen molar-refractivity contribution in [2.75, 3.05) is 12.8 Å². The average Bonchev–Trinajstić information content (AvgIpc) is 2.37. The number of nitrogens with one attached hydrogen (secondary N) is 1. The molecule has 0 fully saturated rings. The van der Waals surface area contributed by atoms with E-state index >= 15 is 0 Å². The summed E-state index contributed by atoms with van der Waals surface area (Å²) >= 11 is 0. The topological polar surface area (TPSA) is 50.4 Å². The van der Waals surface area contributed by atoms with E-state index in [0.717, 1.165) is 29.9 Å². The molecule has 18 heavy (non-hydrogen) atoms. The second kappa shape index (κ2) is 7.33. The van der Waals surface area contributed by atoms with Gasteiger partial charge < -0.3 is 11.1 Å². The third-order valence-corrected chi connectivity index (χ3v) is 2.49. The minimum absolute atomic E-state index is 0.705. The molecule has 0 unspecified atom stereocenters. The van der Waals surface area contributed by atoms with Crippen molar-refractivity contribution in [3.05, 3.63) is 54.3 Å². The third-order valence-electron chi connectivity index (χ3n) is 2.49. The Morgan fingerprint density at radius 1 is 1.44 bits per heavy atom. The summed E-state index contributed by atoms with van der Waals surface area (Å²) in [6, 6.07) is 7.64. The number of amidine groups is 1. The van der Waals surface area contributed by atoms with E-state index in [1.54, 1.807) is 7.05 Å². The molecule has 0 aromatic heterocycles. The fourth-order valence-electron chi connectivity index (χ4n) is 1.54. The molecular weight excluding hydrogens is 222 g/mol. The van der Waals surface area contributed by atoms with Gasteiger partial charge in [-0.1, -0.05) is 38.1 Å². The summed E-state index contributed by atoms with van der Waals surface area (Å²) in [5, 5.41) is 3.17. The van der Waals surface area contributed by atoms with Gasteiger partial charge in [-0.2, -0.15) is 0 Å². The van der Waals surface area contributed by atoms with Gasteiger partial charge >= 0.3 is 0 Å². The zero-order chi connectivity index (χ0) is 13.4. The van der Waals surface area contributed by atoms with Gasteiger partial charge in [0.25, 0.3) is 0 Å². The number of hydrogen-bond acceptors (Lipinski definition) is 2. The zero-order valence-electron chi connectivity index (χ0n) is 11.1. The Bertz CT molecular complexity index is 459. The number of nitrogens with two attached hydrogens (primary N) is 1. The van der Waals surface area contributed by atoms with Crippen LogP contribution in [0.2, 0.25) is 0 Å². The molecule has 0 radical (unpaired) electrons. The molecule has 0 aliphatic heterocycles. The first-order chi connectivity index (χ1) is 8.69. The highest BCUT2D eigenvalue weighted by atomic mass is 15.0. The zero-order valence-corrected chi connectivity index (χ0v) is 11.1. The molecule has 3 heteroatoms. The Morgan fingerprint density at radius 2 is 2.17 bits per heavy atom. The van der Waals surface area contributed by atoms with Crippen molar-refractivity contribution in [2.24, 2.45) is 4.99 Å². The molecule has 0 bridgehead atoms. The molecule has 1 aromatic carbocycles. The molecule has 0 saturated heterocycles. The fraction of sp³-hybridized carbons (Fsp3) is 0.267. The van der Waals surface area contributed by atoms with E-state index in [9.17, 15) is 0 Å². The van der Waals surface area contributed by atoms with Crippen LogP contribution in [0.3, 0.4) is 0 Å². The van der Waals surface area contributed by atoms with Crippen molar-refractivity contribution < 1.29 is 0 Å². The van der Waals surface area contributed by atoms with Crippen molar-refractivity contribution >= 4 is 11.5 Å². The van der Waals surface area contributed by atoms with Crippen LogP contribution in [0.4, 0.5) is 5.69 Å². The van der Waals surface area contributed by atoms with Crippen LogP contribution in [0.15, 0.2) is 53.7 Å². The van der Waals surface area contributed by atoms with Crippen LogP contribution in [-0.2, 0) is 0 Å². The van der Waals surface area contributed by atoms with Gasteiger partial charge in [-0.3, -0.25) is 4.99 Å². The summed E-state index contributed by atoms with van der Waals surface area (Å²) in [5.41, 5.74) is 8.34. The molecule has 1 rings (SSSR count). The molecule has 0 aliphatic carbocycles. The summed E-state index contributed by atoms with van der Waals surface area (Å²) in [4.78, 5) is 4.22. The van der Waals surface area contributed by atoms with Gasteiger partial charge in [-0.25, -0.2) is 0 Å². The quantitative estimate of drug-likeness (QED) is 0.361. The number of anilines is 1. The van der Waals surface area contributed by atoms with Crippen LogP contribution in [0, 0.1) is 0 Å². The van der Waals surface area contributed by atoms with Crippen molar-refractivity contribution in [3.63, 3.8) is 0 Å². The number of aliphatic imine (C=N–C) groups is 1. The Kier molecular flexibility index (Phi) is 5.71. The van der Waals surface area contributed by atoms with Gasteiger partial charge in [0, 0.05) is 24.0 Å². The number of benzene rings is 1. The number of para-hydroxylation sites is 1. The van der Waals surface area contributed by atoms with Crippen LogP contribution in [-0.4, -0.2) is 12.9 Å². The number of unbranched alkanes of at least 4 members (excludes halogenated alkanes) is 1. The summed E-state index contributed by atoms with van der Waals surface area (Å²) < 4.78 is 0. The highest BCUT2D eigenvalue weighted by Crippen LogP contribution is 2.11. The van der Waals surface area contributed by atoms with Gasteiger partial charge in [0.2, 0.25) is 0 Å². The molecule has 0 amide bonds. The number of hydrogen-bond donors (Lipinski definition) is 2. The average molecular weight is 243 g/mol. The maximum Gasteiger partial charge on any atom is 0.134 e.